The van der Waals surface area contributed by atoms with Gasteiger partial charge in [-0.1, -0.05) is 0 Å². The molecule has 16 heavy (non-hydrogen) atoms. The Balaban J connectivity index is 0.00000225. The molecule has 0 radical (unpaired) electrons. The van der Waals surface area contributed by atoms with E-state index in [9.17, 15) is 4.79 Å². The Bertz CT molecular complexity index is 287. The Hall–Kier alpha value is -0.740. The summed E-state index contributed by atoms with van der Waals surface area (Å²) in [5, 5.41) is 3.97. The molecule has 1 rings (SSSR count). The minimum Gasteiger partial charge on any atom is -0.270 e. The van der Waals surface area contributed by atoms with Gasteiger partial charge in [0.05, 0.1) is 6.01 Å². The van der Waals surface area contributed by atoms with E-state index in [1.54, 1.807) is 0 Å². The van der Waals surface area contributed by atoms with Crippen molar-refractivity contribution >= 4 is 24.3 Å². The van der Waals surface area contributed by atoms with Gasteiger partial charge < -0.3 is 0 Å². The van der Waals surface area contributed by atoms with E-state index in [1.807, 2.05) is 31.0 Å². The number of hydrazine groups is 1. The van der Waals surface area contributed by atoms with Crippen molar-refractivity contribution in [1.29, 1.82) is 0 Å². The third-order valence-corrected chi connectivity index (χ3v) is 2.41. The molecule has 0 aromatic rings. The number of carbonyl (C=O) groups excluding carboxylic acids is 1. The molecule has 5 nitrogen and oxygen atoms in total. The van der Waals surface area contributed by atoms with Crippen LogP contribution in [0, 0.1) is 0 Å². The van der Waals surface area contributed by atoms with Crippen LogP contribution in [0.3, 0.4) is 0 Å². The summed E-state index contributed by atoms with van der Waals surface area (Å²) in [6, 6.07) is 2.30. The first-order valence-electron chi connectivity index (χ1n) is 5.26. The Labute approximate surface area is 103 Å². The number of rotatable bonds is 3. The highest BCUT2D eigenvalue weighted by molar-refractivity contribution is 5.87. The van der Waals surface area contributed by atoms with Crippen molar-refractivity contribution in [1.82, 2.24) is 10.0 Å². The van der Waals surface area contributed by atoms with Crippen LogP contribution in [-0.2, 0) is 4.79 Å². The summed E-state index contributed by atoms with van der Waals surface area (Å²) in [6.45, 7) is 3.41. The largest absolute Gasteiger partial charge is 0.273 e. The molecule has 1 heterocycles. The first kappa shape index (κ1) is 15.3. The summed E-state index contributed by atoms with van der Waals surface area (Å²) in [5.74, 6) is -0.140. The molecule has 1 aliphatic rings. The van der Waals surface area contributed by atoms with E-state index in [1.165, 1.54) is 0 Å². The van der Waals surface area contributed by atoms with Crippen LogP contribution >= 0.6 is 12.4 Å². The second-order valence-electron chi connectivity index (χ2n) is 3.69. The smallest absolute Gasteiger partial charge is 0.270 e. The van der Waals surface area contributed by atoms with Crippen LogP contribution in [0.25, 0.3) is 0 Å². The van der Waals surface area contributed by atoms with E-state index in [-0.39, 0.29) is 24.4 Å². The maximum atomic E-state index is 11.7. The van der Waals surface area contributed by atoms with Crippen LogP contribution in [0.1, 0.15) is 19.8 Å². The maximum Gasteiger partial charge on any atom is 0.273 e. The van der Waals surface area contributed by atoms with Crippen LogP contribution in [0.15, 0.2) is 9.98 Å². The van der Waals surface area contributed by atoms with Gasteiger partial charge in [0, 0.05) is 27.2 Å². The molecule has 1 aliphatic heterocycles. The zero-order valence-corrected chi connectivity index (χ0v) is 10.8. The second kappa shape index (κ2) is 7.52. The zero-order valence-electron chi connectivity index (χ0n) is 10.0. The average molecular weight is 247 g/mol. The summed E-state index contributed by atoms with van der Waals surface area (Å²) in [7, 11) is 3.88. The molecule has 1 unspecified atom stereocenters. The topological polar surface area (TPSA) is 48.3 Å². The molecule has 6 heteroatoms. The monoisotopic (exact) mass is 246 g/mol. The minimum absolute atomic E-state index is 0. The lowest BCUT2D eigenvalue weighted by molar-refractivity contribution is -0.127. The van der Waals surface area contributed by atoms with Gasteiger partial charge in [0.1, 0.15) is 6.04 Å². The molecule has 1 fully saturated rings. The first-order valence-corrected chi connectivity index (χ1v) is 5.26. The summed E-state index contributed by atoms with van der Waals surface area (Å²) in [5.41, 5.74) is 0. The lowest BCUT2D eigenvalue weighted by Crippen LogP contribution is -2.44. The fourth-order valence-corrected chi connectivity index (χ4v) is 1.71. The number of nitrogens with zero attached hydrogens (tertiary/aromatic N) is 4. The number of aliphatic imine (C=N–C) groups is 2. The molecule has 0 N–H and O–H groups in total. The SMILES string of the molecule is CCN=C=NC(=O)C1CCCN1N(C)C.Cl. The van der Waals surface area contributed by atoms with Crippen LogP contribution < -0.4 is 0 Å². The van der Waals surface area contributed by atoms with Crippen molar-refractivity contribution in [2.24, 2.45) is 9.98 Å². The lowest BCUT2D eigenvalue weighted by Gasteiger charge is -2.27. The lowest BCUT2D eigenvalue weighted by atomic mass is 10.2. The van der Waals surface area contributed by atoms with Crippen LogP contribution in [-0.4, -0.2) is 55.2 Å². The van der Waals surface area contributed by atoms with Gasteiger partial charge in [-0.25, -0.2) is 15.0 Å². The van der Waals surface area contributed by atoms with Crippen molar-refractivity contribution in [2.75, 3.05) is 27.2 Å². The molecule has 0 spiro atoms. The van der Waals surface area contributed by atoms with Gasteiger partial charge in [0.15, 0.2) is 0 Å². The van der Waals surface area contributed by atoms with E-state index in [0.29, 0.717) is 6.54 Å². The third kappa shape index (κ3) is 4.02. The third-order valence-electron chi connectivity index (χ3n) is 2.41. The molecular formula is C10H19ClN4O. The molecule has 1 saturated heterocycles. The highest BCUT2D eigenvalue weighted by Gasteiger charge is 2.31. The van der Waals surface area contributed by atoms with Gasteiger partial charge in [0.25, 0.3) is 5.91 Å². The van der Waals surface area contributed by atoms with E-state index in [2.05, 4.69) is 16.0 Å². The molecule has 0 saturated carbocycles. The van der Waals surface area contributed by atoms with Crippen molar-refractivity contribution in [3.8, 4) is 0 Å². The Morgan fingerprint density at radius 3 is 2.81 bits per heavy atom. The van der Waals surface area contributed by atoms with Crippen LogP contribution in [0.2, 0.25) is 0 Å². The van der Waals surface area contributed by atoms with E-state index in [0.717, 1.165) is 19.4 Å². The molecular weight excluding hydrogens is 228 g/mol. The molecule has 1 amide bonds. The maximum absolute atomic E-state index is 11.7. The number of hydrogen-bond donors (Lipinski definition) is 0. The molecule has 0 aromatic carbocycles. The van der Waals surface area contributed by atoms with E-state index >= 15 is 0 Å². The number of hydrogen-bond acceptors (Lipinski definition) is 4. The van der Waals surface area contributed by atoms with Crippen molar-refractivity contribution in [3.05, 3.63) is 0 Å². The van der Waals surface area contributed by atoms with Gasteiger partial charge in [0.2, 0.25) is 0 Å². The van der Waals surface area contributed by atoms with Gasteiger partial charge in [-0.05, 0) is 19.8 Å². The van der Waals surface area contributed by atoms with Gasteiger partial charge in [-0.15, -0.1) is 17.4 Å². The first-order chi connectivity index (χ1) is 7.16. The molecule has 0 bridgehead atoms. The Kier molecular flexibility index (Phi) is 7.17. The highest BCUT2D eigenvalue weighted by Crippen LogP contribution is 2.18. The zero-order chi connectivity index (χ0) is 11.3. The van der Waals surface area contributed by atoms with Gasteiger partial charge in [-0.3, -0.25) is 4.79 Å². The van der Waals surface area contributed by atoms with Crippen LogP contribution in [0.5, 0.6) is 0 Å². The summed E-state index contributed by atoms with van der Waals surface area (Å²) >= 11 is 0. The second-order valence-corrected chi connectivity index (χ2v) is 3.69. The van der Waals surface area contributed by atoms with Gasteiger partial charge in [-0.2, -0.15) is 0 Å². The quantitative estimate of drug-likeness (QED) is 0.700. The Morgan fingerprint density at radius 1 is 1.56 bits per heavy atom. The predicted octanol–water partition coefficient (Wildman–Crippen LogP) is 1.07. The van der Waals surface area contributed by atoms with E-state index in [4.69, 9.17) is 0 Å². The molecule has 0 aliphatic carbocycles. The normalized spacial score (nSPS) is 20.1. The summed E-state index contributed by atoms with van der Waals surface area (Å²) in [6.07, 6.45) is 1.91. The van der Waals surface area contributed by atoms with E-state index < -0.39 is 0 Å². The fraction of sp³-hybridized carbons (Fsp3) is 0.800. The average Bonchev–Trinajstić information content (AvgIpc) is 2.66. The number of carbonyl (C=O) groups is 1. The van der Waals surface area contributed by atoms with Crippen molar-refractivity contribution in [3.63, 3.8) is 0 Å². The molecule has 0 aromatic heterocycles. The molecule has 1 atom stereocenters. The highest BCUT2D eigenvalue weighted by atomic mass is 35.5. The van der Waals surface area contributed by atoms with Gasteiger partial charge >= 0.3 is 0 Å². The van der Waals surface area contributed by atoms with Crippen molar-refractivity contribution in [2.45, 2.75) is 25.8 Å². The standard InChI is InChI=1S/C10H18N4O.ClH/c1-4-11-8-12-10(15)9-6-5-7-14(9)13(2)3;/h9H,4-7H2,1-3H3;1H. The summed E-state index contributed by atoms with van der Waals surface area (Å²) < 4.78 is 0. The van der Waals surface area contributed by atoms with Crippen molar-refractivity contribution < 1.29 is 4.79 Å². The number of halogens is 1. The predicted molar refractivity (Wildman–Crippen MR) is 66.1 cm³/mol. The van der Waals surface area contributed by atoms with Crippen LogP contribution in [0.4, 0.5) is 0 Å². The molecule has 92 valence electrons. The fourth-order valence-electron chi connectivity index (χ4n) is 1.71. The minimum atomic E-state index is -0.140. The number of amides is 1. The summed E-state index contributed by atoms with van der Waals surface area (Å²) in [4.78, 5) is 19.2. The Morgan fingerprint density at radius 2 is 2.25 bits per heavy atom.